The number of anilines is 1. The molecule has 0 spiro atoms. The molecule has 1 unspecified atom stereocenters. The molecule has 0 fully saturated rings. The Morgan fingerprint density at radius 2 is 2.23 bits per heavy atom. The second-order valence-corrected chi connectivity index (χ2v) is 5.31. The molecule has 0 bridgehead atoms. The van der Waals surface area contributed by atoms with Gasteiger partial charge in [0, 0.05) is 11.9 Å². The molecule has 2 aromatic rings. The van der Waals surface area contributed by atoms with Gasteiger partial charge in [-0.05, 0) is 42.5 Å². The molecule has 1 aromatic carbocycles. The van der Waals surface area contributed by atoms with Gasteiger partial charge in [0.15, 0.2) is 0 Å². The summed E-state index contributed by atoms with van der Waals surface area (Å²) in [5, 5.41) is 0. The molecule has 5 nitrogen and oxygen atoms in total. The summed E-state index contributed by atoms with van der Waals surface area (Å²) in [6, 6.07) is 7.56. The van der Waals surface area contributed by atoms with Crippen LogP contribution in [-0.2, 0) is 11.2 Å². The van der Waals surface area contributed by atoms with E-state index in [2.05, 4.69) is 4.98 Å². The third-order valence-corrected chi connectivity index (χ3v) is 3.90. The lowest BCUT2D eigenvalue weighted by atomic mass is 9.88. The highest BCUT2D eigenvalue weighted by atomic mass is 16.5. The lowest BCUT2D eigenvalue weighted by molar-refractivity contribution is 0.0599. The Kier molecular flexibility index (Phi) is 3.96. The van der Waals surface area contributed by atoms with Crippen LogP contribution in [0.4, 0.5) is 5.69 Å². The predicted molar refractivity (Wildman–Crippen MR) is 82.7 cm³/mol. The molecule has 0 saturated carbocycles. The average molecular weight is 298 g/mol. The van der Waals surface area contributed by atoms with Crippen LogP contribution in [0.15, 0.2) is 36.7 Å². The van der Waals surface area contributed by atoms with Crippen molar-refractivity contribution in [3.05, 3.63) is 53.3 Å². The van der Waals surface area contributed by atoms with E-state index in [0.717, 1.165) is 36.1 Å². The van der Waals surface area contributed by atoms with E-state index in [4.69, 9.17) is 15.2 Å². The molecular formula is C17H18N2O3. The maximum absolute atomic E-state index is 11.6. The highest BCUT2D eigenvalue weighted by Crippen LogP contribution is 2.36. The Bertz CT molecular complexity index is 700. The van der Waals surface area contributed by atoms with Crippen LogP contribution in [0.25, 0.3) is 0 Å². The van der Waals surface area contributed by atoms with Crippen LogP contribution in [0.3, 0.4) is 0 Å². The fourth-order valence-electron chi connectivity index (χ4n) is 2.83. The Morgan fingerprint density at radius 3 is 3.05 bits per heavy atom. The van der Waals surface area contributed by atoms with Crippen LogP contribution in [0.1, 0.15) is 40.4 Å². The number of nitrogens with two attached hydrogens (primary N) is 1. The first-order valence-electron chi connectivity index (χ1n) is 7.26. The van der Waals surface area contributed by atoms with Crippen molar-refractivity contribution in [2.45, 2.75) is 25.4 Å². The van der Waals surface area contributed by atoms with Gasteiger partial charge in [-0.15, -0.1) is 0 Å². The topological polar surface area (TPSA) is 74.4 Å². The molecule has 1 heterocycles. The molecule has 0 amide bonds. The van der Waals surface area contributed by atoms with Gasteiger partial charge in [0.05, 0.1) is 18.9 Å². The highest BCUT2D eigenvalue weighted by molar-refractivity contribution is 5.89. The van der Waals surface area contributed by atoms with Crippen molar-refractivity contribution in [1.29, 1.82) is 0 Å². The molecule has 0 radical (unpaired) electrons. The largest absolute Gasteiger partial charge is 0.484 e. The number of hydrogen-bond acceptors (Lipinski definition) is 5. The van der Waals surface area contributed by atoms with E-state index in [1.165, 1.54) is 13.3 Å². The van der Waals surface area contributed by atoms with Crippen LogP contribution < -0.4 is 10.5 Å². The van der Waals surface area contributed by atoms with E-state index in [1.807, 2.05) is 18.2 Å². The number of nitrogens with zero attached hydrogens (tertiary/aromatic N) is 1. The summed E-state index contributed by atoms with van der Waals surface area (Å²) in [5.74, 6) is 0.134. The van der Waals surface area contributed by atoms with Gasteiger partial charge in [0.2, 0.25) is 0 Å². The maximum atomic E-state index is 11.6. The van der Waals surface area contributed by atoms with Crippen LogP contribution in [0, 0.1) is 0 Å². The molecule has 2 N–H and O–H groups in total. The summed E-state index contributed by atoms with van der Waals surface area (Å²) in [5.41, 5.74) is 9.52. The van der Waals surface area contributed by atoms with Crippen molar-refractivity contribution in [3.8, 4) is 5.75 Å². The molecular weight excluding hydrogens is 280 g/mol. The van der Waals surface area contributed by atoms with Gasteiger partial charge in [-0.1, -0.05) is 12.1 Å². The number of methoxy groups -OCH3 is 1. The molecule has 1 aromatic heterocycles. The standard InChI is InChI=1S/C17H18N2O3/c1-21-17(20)11-8-12(10-19-9-11)22-16-7-3-4-13-14(16)5-2-6-15(13)18/h2,5-6,8-10,16H,3-4,7,18H2,1H3. The number of rotatable bonds is 3. The van der Waals surface area contributed by atoms with Gasteiger partial charge >= 0.3 is 5.97 Å². The van der Waals surface area contributed by atoms with Crippen LogP contribution in [0.2, 0.25) is 0 Å². The van der Waals surface area contributed by atoms with Crippen molar-refractivity contribution >= 4 is 11.7 Å². The Hall–Kier alpha value is -2.56. The molecule has 0 aliphatic heterocycles. The van der Waals surface area contributed by atoms with Crippen molar-refractivity contribution in [1.82, 2.24) is 4.98 Å². The normalized spacial score (nSPS) is 16.7. The zero-order valence-electron chi connectivity index (χ0n) is 12.4. The van der Waals surface area contributed by atoms with E-state index in [9.17, 15) is 4.79 Å². The fourth-order valence-corrected chi connectivity index (χ4v) is 2.83. The van der Waals surface area contributed by atoms with E-state index in [0.29, 0.717) is 11.3 Å². The number of ether oxygens (including phenoxy) is 2. The van der Waals surface area contributed by atoms with Gasteiger partial charge < -0.3 is 15.2 Å². The number of carbonyl (C=O) groups is 1. The number of nitrogen functional groups attached to an aromatic ring is 1. The van der Waals surface area contributed by atoms with Gasteiger partial charge in [0.25, 0.3) is 0 Å². The summed E-state index contributed by atoms with van der Waals surface area (Å²) in [6.45, 7) is 0. The van der Waals surface area contributed by atoms with Crippen molar-refractivity contribution in [3.63, 3.8) is 0 Å². The zero-order chi connectivity index (χ0) is 15.5. The number of pyridine rings is 1. The fraction of sp³-hybridized carbons (Fsp3) is 0.294. The van der Waals surface area contributed by atoms with Crippen molar-refractivity contribution < 1.29 is 14.3 Å². The smallest absolute Gasteiger partial charge is 0.339 e. The maximum Gasteiger partial charge on any atom is 0.339 e. The highest BCUT2D eigenvalue weighted by Gasteiger charge is 2.23. The first kappa shape index (κ1) is 14.4. The number of fused-ring (bicyclic) bond motifs is 1. The van der Waals surface area contributed by atoms with Crippen LogP contribution >= 0.6 is 0 Å². The molecule has 22 heavy (non-hydrogen) atoms. The van der Waals surface area contributed by atoms with E-state index >= 15 is 0 Å². The second kappa shape index (κ2) is 6.05. The molecule has 1 atom stereocenters. The summed E-state index contributed by atoms with van der Waals surface area (Å²) in [6.07, 6.45) is 5.91. The Morgan fingerprint density at radius 1 is 1.36 bits per heavy atom. The molecule has 3 rings (SSSR count). The lowest BCUT2D eigenvalue weighted by Crippen LogP contribution is -2.17. The summed E-state index contributed by atoms with van der Waals surface area (Å²) < 4.78 is 10.7. The number of carbonyl (C=O) groups excluding carboxylic acids is 1. The minimum atomic E-state index is -0.425. The van der Waals surface area contributed by atoms with Gasteiger partial charge in [0.1, 0.15) is 11.9 Å². The van der Waals surface area contributed by atoms with E-state index in [-0.39, 0.29) is 6.10 Å². The Labute approximate surface area is 129 Å². The molecule has 0 saturated heterocycles. The zero-order valence-corrected chi connectivity index (χ0v) is 12.4. The van der Waals surface area contributed by atoms with E-state index < -0.39 is 5.97 Å². The van der Waals surface area contributed by atoms with Gasteiger partial charge in [-0.2, -0.15) is 0 Å². The summed E-state index contributed by atoms with van der Waals surface area (Å²) in [7, 11) is 1.34. The van der Waals surface area contributed by atoms with Crippen molar-refractivity contribution in [2.24, 2.45) is 0 Å². The third-order valence-electron chi connectivity index (χ3n) is 3.90. The summed E-state index contributed by atoms with van der Waals surface area (Å²) in [4.78, 5) is 15.6. The van der Waals surface area contributed by atoms with Gasteiger partial charge in [-0.3, -0.25) is 4.98 Å². The Balaban J connectivity index is 1.86. The molecule has 5 heteroatoms. The minimum Gasteiger partial charge on any atom is -0.484 e. The summed E-state index contributed by atoms with van der Waals surface area (Å²) >= 11 is 0. The average Bonchev–Trinajstić information content (AvgIpc) is 2.55. The number of esters is 1. The van der Waals surface area contributed by atoms with Crippen LogP contribution in [-0.4, -0.2) is 18.1 Å². The predicted octanol–water partition coefficient (Wildman–Crippen LogP) is 2.91. The molecule has 1 aliphatic carbocycles. The SMILES string of the molecule is COC(=O)c1cncc(OC2CCCc3c(N)cccc32)c1. The monoisotopic (exact) mass is 298 g/mol. The van der Waals surface area contributed by atoms with Crippen LogP contribution in [0.5, 0.6) is 5.75 Å². The van der Waals surface area contributed by atoms with Gasteiger partial charge in [-0.25, -0.2) is 4.79 Å². The molecule has 114 valence electrons. The third kappa shape index (κ3) is 2.74. The number of hydrogen-bond donors (Lipinski definition) is 1. The molecule has 1 aliphatic rings. The second-order valence-electron chi connectivity index (χ2n) is 5.31. The first-order chi connectivity index (χ1) is 10.7. The minimum absolute atomic E-state index is 0.0676. The number of aromatic nitrogens is 1. The lowest BCUT2D eigenvalue weighted by Gasteiger charge is -2.27. The quantitative estimate of drug-likeness (QED) is 0.696. The van der Waals surface area contributed by atoms with E-state index in [1.54, 1.807) is 12.3 Å². The van der Waals surface area contributed by atoms with Crippen molar-refractivity contribution in [2.75, 3.05) is 12.8 Å². The number of benzene rings is 1. The first-order valence-corrected chi connectivity index (χ1v) is 7.26.